The highest BCUT2D eigenvalue weighted by atomic mass is 16.5. The molecule has 0 aliphatic carbocycles. The summed E-state index contributed by atoms with van der Waals surface area (Å²) in [4.78, 5) is 23.5. The molecule has 0 unspecified atom stereocenters. The van der Waals surface area contributed by atoms with Gasteiger partial charge in [-0.25, -0.2) is 0 Å². The van der Waals surface area contributed by atoms with E-state index < -0.39 is 0 Å². The van der Waals surface area contributed by atoms with Crippen molar-refractivity contribution < 1.29 is 14.1 Å². The second-order valence-electron chi connectivity index (χ2n) is 9.47. The summed E-state index contributed by atoms with van der Waals surface area (Å²) in [5, 5.41) is 13.4. The number of hydrogen-bond donors (Lipinski definition) is 3. The van der Waals surface area contributed by atoms with Gasteiger partial charge < -0.3 is 25.2 Å². The highest BCUT2D eigenvalue weighted by Gasteiger charge is 2.26. The lowest BCUT2D eigenvalue weighted by Crippen LogP contribution is -2.49. The van der Waals surface area contributed by atoms with Gasteiger partial charge in [0.2, 0.25) is 17.5 Å². The van der Waals surface area contributed by atoms with E-state index in [1.54, 1.807) is 0 Å². The number of aryl methyl sites for hydroxylation is 1. The van der Waals surface area contributed by atoms with Crippen LogP contribution in [-0.2, 0) is 11.8 Å². The summed E-state index contributed by atoms with van der Waals surface area (Å²) < 4.78 is 8.17. The van der Waals surface area contributed by atoms with Crippen molar-refractivity contribution in [1.29, 1.82) is 0 Å². The molecule has 0 bridgehead atoms. The number of likely N-dealkylation sites (N-methyl/N-ethyl adjacent to an activating group) is 2. The topological polar surface area (TPSA) is 106 Å². The first-order valence-corrected chi connectivity index (χ1v) is 12.3. The lowest BCUT2D eigenvalue weighted by atomic mass is 10.3. The molecule has 0 spiro atoms. The van der Waals surface area contributed by atoms with Crippen molar-refractivity contribution in [3.05, 3.63) is 54.2 Å². The molecule has 196 valence electrons. The van der Waals surface area contributed by atoms with Gasteiger partial charge in [-0.2, -0.15) is 9.67 Å². The molecule has 37 heavy (non-hydrogen) atoms. The van der Waals surface area contributed by atoms with Crippen LogP contribution in [0.3, 0.4) is 0 Å². The summed E-state index contributed by atoms with van der Waals surface area (Å²) >= 11 is 0. The van der Waals surface area contributed by atoms with Crippen molar-refractivity contribution in [2.75, 3.05) is 69.4 Å². The van der Waals surface area contributed by atoms with Crippen molar-refractivity contribution in [2.45, 2.75) is 6.92 Å². The summed E-state index contributed by atoms with van der Waals surface area (Å²) in [5.41, 5.74) is 1.65. The van der Waals surface area contributed by atoms with Gasteiger partial charge in [-0.3, -0.25) is 14.8 Å². The van der Waals surface area contributed by atoms with E-state index in [1.807, 2.05) is 80.0 Å². The number of nitrogens with one attached hydrogen (secondary N) is 3. The highest BCUT2D eigenvalue weighted by Crippen LogP contribution is 2.25. The zero-order valence-corrected chi connectivity index (χ0v) is 22.2. The van der Waals surface area contributed by atoms with Crippen LogP contribution in [0.2, 0.25) is 0 Å². The normalized spacial score (nSPS) is 14.4. The third-order valence-electron chi connectivity index (χ3n) is 5.97. The van der Waals surface area contributed by atoms with Crippen molar-refractivity contribution in [1.82, 2.24) is 25.0 Å². The van der Waals surface area contributed by atoms with E-state index in [0.29, 0.717) is 35.6 Å². The molecule has 1 aliphatic rings. The summed E-state index contributed by atoms with van der Waals surface area (Å²) in [6.45, 7) is 6.44. The molecule has 2 aromatic heterocycles. The Kier molecular flexibility index (Phi) is 8.36. The van der Waals surface area contributed by atoms with Gasteiger partial charge in [-0.15, -0.1) is 0 Å². The number of ether oxygens (including phenoxy) is 1. The number of anilines is 4. The molecule has 0 radical (unpaired) electrons. The van der Waals surface area contributed by atoms with Gasteiger partial charge in [0.1, 0.15) is 5.75 Å². The van der Waals surface area contributed by atoms with Crippen LogP contribution in [0.15, 0.2) is 48.6 Å². The number of rotatable bonds is 9. The number of nitrogens with zero attached hydrogens (tertiary/aromatic N) is 6. The number of benzene rings is 1. The maximum atomic E-state index is 12.1. The average Bonchev–Trinajstić information content (AvgIpc) is 3.27. The van der Waals surface area contributed by atoms with Crippen LogP contribution >= 0.6 is 0 Å². The molecular weight excluding hydrogens is 470 g/mol. The first-order chi connectivity index (χ1) is 17.8. The molecule has 1 aliphatic heterocycles. The van der Waals surface area contributed by atoms with Gasteiger partial charge in [0, 0.05) is 43.2 Å². The van der Waals surface area contributed by atoms with Crippen LogP contribution in [0.5, 0.6) is 11.8 Å². The number of carbonyl (C=O) groups is 1. The number of piperazine rings is 1. The van der Waals surface area contributed by atoms with E-state index in [2.05, 4.69) is 37.7 Å². The van der Waals surface area contributed by atoms with Crippen LogP contribution < -0.4 is 24.8 Å². The second kappa shape index (κ2) is 11.8. The van der Waals surface area contributed by atoms with Crippen LogP contribution in [0.1, 0.15) is 5.69 Å². The SMILES string of the molecule is Cc1cc(Nc2cc(N3CCN(C)CC3)[n+](C)c(Oc3ccc(NC(=O)C=CCN(C)C)cc3)n2)n[nH]1. The van der Waals surface area contributed by atoms with Crippen LogP contribution in [0.4, 0.5) is 23.1 Å². The number of amides is 1. The molecule has 11 nitrogen and oxygen atoms in total. The van der Waals surface area contributed by atoms with E-state index in [1.165, 1.54) is 6.08 Å². The number of aromatic amines is 1. The monoisotopic (exact) mass is 506 g/mol. The van der Waals surface area contributed by atoms with E-state index in [-0.39, 0.29) is 5.91 Å². The van der Waals surface area contributed by atoms with E-state index in [0.717, 1.165) is 37.7 Å². The molecule has 11 heteroatoms. The van der Waals surface area contributed by atoms with Gasteiger partial charge in [-0.1, -0.05) is 6.08 Å². The first-order valence-electron chi connectivity index (χ1n) is 12.3. The maximum Gasteiger partial charge on any atom is 0.441 e. The van der Waals surface area contributed by atoms with Gasteiger partial charge in [-0.05, 0) is 57.3 Å². The fraction of sp³-hybridized carbons (Fsp3) is 0.385. The third-order valence-corrected chi connectivity index (χ3v) is 5.97. The summed E-state index contributed by atoms with van der Waals surface area (Å²) in [5.74, 6) is 2.77. The highest BCUT2D eigenvalue weighted by molar-refractivity contribution is 5.99. The minimum Gasteiger partial charge on any atom is -0.401 e. The lowest BCUT2D eigenvalue weighted by Gasteiger charge is -2.30. The van der Waals surface area contributed by atoms with Crippen LogP contribution in [-0.4, -0.2) is 84.8 Å². The summed E-state index contributed by atoms with van der Waals surface area (Å²) in [6, 6.07) is 11.6. The number of aromatic nitrogens is 4. The van der Waals surface area contributed by atoms with Crippen LogP contribution in [0, 0.1) is 6.92 Å². The molecule has 1 saturated heterocycles. The Morgan fingerprint density at radius 1 is 1.16 bits per heavy atom. The fourth-order valence-corrected chi connectivity index (χ4v) is 3.90. The van der Waals surface area contributed by atoms with Gasteiger partial charge in [0.15, 0.2) is 5.82 Å². The quantitative estimate of drug-likeness (QED) is 0.300. The molecule has 0 atom stereocenters. The lowest BCUT2D eigenvalue weighted by molar-refractivity contribution is -0.666. The van der Waals surface area contributed by atoms with Crippen molar-refractivity contribution in [2.24, 2.45) is 7.05 Å². The zero-order chi connectivity index (χ0) is 26.4. The van der Waals surface area contributed by atoms with Crippen LogP contribution in [0.25, 0.3) is 0 Å². The predicted octanol–water partition coefficient (Wildman–Crippen LogP) is 2.28. The van der Waals surface area contributed by atoms with E-state index in [9.17, 15) is 4.79 Å². The smallest absolute Gasteiger partial charge is 0.401 e. The Balaban J connectivity index is 1.53. The molecule has 1 amide bonds. The standard InChI is InChI=1S/C26H35N9O2/c1-19-17-23(31-30-19)28-22-18-25(35-15-13-33(4)14-16-35)34(5)26(29-22)37-21-10-8-20(9-11-21)27-24(36)7-6-12-32(2)3/h6-11,17-18H,12-16H2,1-5H3,(H2,27,30,31,36)/p+1. The Hall–Kier alpha value is -3.96. The molecule has 1 fully saturated rings. The minimum absolute atomic E-state index is 0.173. The molecule has 4 rings (SSSR count). The Bertz CT molecular complexity index is 1230. The average molecular weight is 507 g/mol. The first kappa shape index (κ1) is 26.1. The Morgan fingerprint density at radius 3 is 2.54 bits per heavy atom. The van der Waals surface area contributed by atoms with Crippen molar-refractivity contribution in [3.8, 4) is 11.8 Å². The number of hydrogen-bond acceptors (Lipinski definition) is 8. The molecule has 3 aromatic rings. The van der Waals surface area contributed by atoms with Gasteiger partial charge in [0.05, 0.1) is 26.2 Å². The predicted molar refractivity (Wildman–Crippen MR) is 145 cm³/mol. The fourth-order valence-electron chi connectivity index (χ4n) is 3.90. The molecule has 3 heterocycles. The summed E-state index contributed by atoms with van der Waals surface area (Å²) in [7, 11) is 7.99. The molecular formula is C26H36N9O2+. The van der Waals surface area contributed by atoms with Crippen molar-refractivity contribution >= 4 is 29.0 Å². The largest absolute Gasteiger partial charge is 0.441 e. The van der Waals surface area contributed by atoms with E-state index >= 15 is 0 Å². The zero-order valence-electron chi connectivity index (χ0n) is 22.2. The van der Waals surface area contributed by atoms with Gasteiger partial charge in [0.25, 0.3) is 0 Å². The summed E-state index contributed by atoms with van der Waals surface area (Å²) in [6.07, 6.45) is 3.36. The second-order valence-corrected chi connectivity index (χ2v) is 9.47. The maximum absolute atomic E-state index is 12.1. The number of carbonyl (C=O) groups excluding carboxylic acids is 1. The number of H-pyrrole nitrogens is 1. The minimum atomic E-state index is -0.173. The van der Waals surface area contributed by atoms with Crippen molar-refractivity contribution in [3.63, 3.8) is 0 Å². The molecule has 3 N–H and O–H groups in total. The molecule has 1 aromatic carbocycles. The Labute approximate surface area is 217 Å². The Morgan fingerprint density at radius 2 is 1.89 bits per heavy atom. The molecule has 0 saturated carbocycles. The van der Waals surface area contributed by atoms with Gasteiger partial charge >= 0.3 is 6.01 Å². The van der Waals surface area contributed by atoms with E-state index in [4.69, 9.17) is 9.72 Å². The third kappa shape index (κ3) is 7.28.